The van der Waals surface area contributed by atoms with Crippen molar-refractivity contribution >= 4 is 11.6 Å². The van der Waals surface area contributed by atoms with Gasteiger partial charge in [0, 0.05) is 6.07 Å². The van der Waals surface area contributed by atoms with Crippen molar-refractivity contribution < 1.29 is 14.1 Å². The van der Waals surface area contributed by atoms with Crippen LogP contribution < -0.4 is 10.1 Å². The molecule has 2 rings (SSSR count). The van der Waals surface area contributed by atoms with Gasteiger partial charge in [0.05, 0.1) is 18.5 Å². The highest BCUT2D eigenvalue weighted by Gasteiger charge is 2.12. The summed E-state index contributed by atoms with van der Waals surface area (Å²) in [5.74, 6) is 0.439. The maximum Gasteiger partial charge on any atom is 0.294 e. The molecule has 1 aromatic carbocycles. The van der Waals surface area contributed by atoms with Gasteiger partial charge in [-0.1, -0.05) is 17.3 Å². The van der Waals surface area contributed by atoms with Crippen molar-refractivity contribution in [3.05, 3.63) is 42.3 Å². The number of rotatable bonds is 4. The van der Waals surface area contributed by atoms with E-state index >= 15 is 0 Å². The van der Waals surface area contributed by atoms with Gasteiger partial charge in [0.25, 0.3) is 5.91 Å². The minimum absolute atomic E-state index is 0.163. The zero-order valence-corrected chi connectivity index (χ0v) is 9.34. The summed E-state index contributed by atoms with van der Waals surface area (Å²) in [6.07, 6.45) is 1.42. The summed E-state index contributed by atoms with van der Waals surface area (Å²) >= 11 is 0. The lowest BCUT2D eigenvalue weighted by Gasteiger charge is -2.09. The normalized spacial score (nSPS) is 9.94. The van der Waals surface area contributed by atoms with Gasteiger partial charge in [-0.2, -0.15) is 0 Å². The molecule has 1 N–H and O–H groups in total. The van der Waals surface area contributed by atoms with E-state index in [4.69, 9.17) is 9.26 Å². The van der Waals surface area contributed by atoms with E-state index in [0.29, 0.717) is 18.0 Å². The van der Waals surface area contributed by atoms with Gasteiger partial charge in [-0.3, -0.25) is 4.79 Å². The SMILES string of the molecule is CCOc1ccccc1NC(=O)c1ccno1. The number of carbonyl (C=O) groups excluding carboxylic acids is 1. The van der Waals surface area contributed by atoms with Gasteiger partial charge in [0.15, 0.2) is 0 Å². The number of nitrogens with one attached hydrogen (secondary N) is 1. The number of aromatic nitrogens is 1. The lowest BCUT2D eigenvalue weighted by Crippen LogP contribution is -2.12. The first-order valence-corrected chi connectivity index (χ1v) is 5.25. The van der Waals surface area contributed by atoms with Gasteiger partial charge in [-0.25, -0.2) is 0 Å². The Morgan fingerprint density at radius 3 is 2.94 bits per heavy atom. The van der Waals surface area contributed by atoms with Crippen molar-refractivity contribution in [2.75, 3.05) is 11.9 Å². The Kier molecular flexibility index (Phi) is 3.40. The molecular weight excluding hydrogens is 220 g/mol. The summed E-state index contributed by atoms with van der Waals surface area (Å²) in [6, 6.07) is 8.71. The van der Waals surface area contributed by atoms with E-state index in [0.717, 1.165) is 0 Å². The summed E-state index contributed by atoms with van der Waals surface area (Å²) in [4.78, 5) is 11.7. The average molecular weight is 232 g/mol. The fraction of sp³-hybridized carbons (Fsp3) is 0.167. The molecule has 0 saturated heterocycles. The van der Waals surface area contributed by atoms with E-state index in [2.05, 4.69) is 10.5 Å². The van der Waals surface area contributed by atoms with Crippen LogP contribution in [0.5, 0.6) is 5.75 Å². The molecule has 0 aliphatic carbocycles. The number of para-hydroxylation sites is 2. The van der Waals surface area contributed by atoms with Crippen molar-refractivity contribution in [1.29, 1.82) is 0 Å². The molecule has 5 heteroatoms. The molecule has 0 spiro atoms. The van der Waals surface area contributed by atoms with Crippen LogP contribution in [0.2, 0.25) is 0 Å². The van der Waals surface area contributed by atoms with Crippen molar-refractivity contribution in [3.8, 4) is 5.75 Å². The van der Waals surface area contributed by atoms with E-state index in [1.54, 1.807) is 12.1 Å². The number of ether oxygens (including phenoxy) is 1. The monoisotopic (exact) mass is 232 g/mol. The van der Waals surface area contributed by atoms with Gasteiger partial charge >= 0.3 is 0 Å². The molecule has 1 aromatic heterocycles. The molecule has 0 radical (unpaired) electrons. The molecule has 0 saturated carbocycles. The summed E-state index contributed by atoms with van der Waals surface area (Å²) in [5, 5.41) is 6.18. The maximum atomic E-state index is 11.7. The Hall–Kier alpha value is -2.30. The topological polar surface area (TPSA) is 64.4 Å². The molecule has 2 aromatic rings. The first kappa shape index (κ1) is 11.2. The fourth-order valence-corrected chi connectivity index (χ4v) is 1.37. The van der Waals surface area contributed by atoms with Gasteiger partial charge in [-0.15, -0.1) is 0 Å². The molecule has 0 fully saturated rings. The standard InChI is InChI=1S/C12H12N2O3/c1-2-16-10-6-4-3-5-9(10)14-12(15)11-7-8-13-17-11/h3-8H,2H2,1H3,(H,14,15). The first-order chi connectivity index (χ1) is 8.31. The number of benzene rings is 1. The van der Waals surface area contributed by atoms with E-state index in [1.807, 2.05) is 19.1 Å². The van der Waals surface area contributed by atoms with Crippen molar-refractivity contribution in [2.45, 2.75) is 6.92 Å². The van der Waals surface area contributed by atoms with Gasteiger partial charge < -0.3 is 14.6 Å². The van der Waals surface area contributed by atoms with Crippen molar-refractivity contribution in [1.82, 2.24) is 5.16 Å². The van der Waals surface area contributed by atoms with Crippen LogP contribution in [0.3, 0.4) is 0 Å². The van der Waals surface area contributed by atoms with Crippen LogP contribution >= 0.6 is 0 Å². The van der Waals surface area contributed by atoms with Crippen LogP contribution in [-0.2, 0) is 0 Å². The third kappa shape index (κ3) is 2.63. The Bertz CT molecular complexity index is 494. The molecule has 0 unspecified atom stereocenters. The van der Waals surface area contributed by atoms with Gasteiger partial charge in [0.2, 0.25) is 5.76 Å². The molecule has 0 aliphatic heterocycles. The quantitative estimate of drug-likeness (QED) is 0.878. The third-order valence-electron chi connectivity index (χ3n) is 2.10. The van der Waals surface area contributed by atoms with E-state index in [9.17, 15) is 4.79 Å². The minimum Gasteiger partial charge on any atom is -0.492 e. The molecule has 17 heavy (non-hydrogen) atoms. The van der Waals surface area contributed by atoms with Crippen LogP contribution in [0.4, 0.5) is 5.69 Å². The average Bonchev–Trinajstić information content (AvgIpc) is 2.85. The highest BCUT2D eigenvalue weighted by Crippen LogP contribution is 2.24. The summed E-state index contributed by atoms with van der Waals surface area (Å²) in [6.45, 7) is 2.42. The van der Waals surface area contributed by atoms with E-state index in [1.165, 1.54) is 12.3 Å². The molecular formula is C12H12N2O3. The highest BCUT2D eigenvalue weighted by molar-refractivity contribution is 6.02. The van der Waals surface area contributed by atoms with Crippen LogP contribution in [-0.4, -0.2) is 17.7 Å². The number of hydrogen-bond acceptors (Lipinski definition) is 4. The zero-order valence-electron chi connectivity index (χ0n) is 9.34. The van der Waals surface area contributed by atoms with E-state index < -0.39 is 0 Å². The second-order valence-electron chi connectivity index (χ2n) is 3.26. The molecule has 1 amide bonds. The Morgan fingerprint density at radius 2 is 2.24 bits per heavy atom. The molecule has 0 bridgehead atoms. The predicted octanol–water partition coefficient (Wildman–Crippen LogP) is 2.33. The number of amides is 1. The lowest BCUT2D eigenvalue weighted by atomic mass is 10.3. The van der Waals surface area contributed by atoms with Gasteiger partial charge in [0.1, 0.15) is 5.75 Å². The molecule has 0 aliphatic rings. The Balaban J connectivity index is 2.15. The lowest BCUT2D eigenvalue weighted by molar-refractivity contribution is 0.0987. The number of hydrogen-bond donors (Lipinski definition) is 1. The number of nitrogens with zero attached hydrogens (tertiary/aromatic N) is 1. The van der Waals surface area contributed by atoms with Crippen LogP contribution in [0.1, 0.15) is 17.5 Å². The largest absolute Gasteiger partial charge is 0.492 e. The van der Waals surface area contributed by atoms with E-state index in [-0.39, 0.29) is 11.7 Å². The number of anilines is 1. The second-order valence-corrected chi connectivity index (χ2v) is 3.26. The molecule has 1 heterocycles. The first-order valence-electron chi connectivity index (χ1n) is 5.25. The summed E-state index contributed by atoms with van der Waals surface area (Å²) < 4.78 is 10.2. The summed E-state index contributed by atoms with van der Waals surface area (Å²) in [7, 11) is 0. The fourth-order valence-electron chi connectivity index (χ4n) is 1.37. The van der Waals surface area contributed by atoms with Crippen LogP contribution in [0.25, 0.3) is 0 Å². The Labute approximate surface area is 98.4 Å². The number of carbonyl (C=O) groups is 1. The molecule has 0 atom stereocenters. The van der Waals surface area contributed by atoms with Crippen molar-refractivity contribution in [3.63, 3.8) is 0 Å². The smallest absolute Gasteiger partial charge is 0.294 e. The molecule has 5 nitrogen and oxygen atoms in total. The second kappa shape index (κ2) is 5.16. The third-order valence-corrected chi connectivity index (χ3v) is 2.10. The zero-order chi connectivity index (χ0) is 12.1. The van der Waals surface area contributed by atoms with Crippen LogP contribution in [0, 0.1) is 0 Å². The van der Waals surface area contributed by atoms with Crippen LogP contribution in [0.15, 0.2) is 41.1 Å². The Morgan fingerprint density at radius 1 is 1.41 bits per heavy atom. The van der Waals surface area contributed by atoms with Crippen molar-refractivity contribution in [2.24, 2.45) is 0 Å². The minimum atomic E-state index is -0.352. The van der Waals surface area contributed by atoms with Gasteiger partial charge in [-0.05, 0) is 19.1 Å². The summed E-state index contributed by atoms with van der Waals surface area (Å²) in [5.41, 5.74) is 0.607. The maximum absolute atomic E-state index is 11.7. The predicted molar refractivity (Wildman–Crippen MR) is 62.1 cm³/mol. The molecule has 88 valence electrons. The highest BCUT2D eigenvalue weighted by atomic mass is 16.5.